The second kappa shape index (κ2) is 7.05. The molecule has 3 heteroatoms. The maximum absolute atomic E-state index is 10.6. The summed E-state index contributed by atoms with van der Waals surface area (Å²) in [7, 11) is 0. The molecule has 0 saturated heterocycles. The first-order valence-electron chi connectivity index (χ1n) is 6.33. The van der Waals surface area contributed by atoms with Crippen molar-refractivity contribution in [3.63, 3.8) is 0 Å². The number of nitrogens with zero attached hydrogens (tertiary/aromatic N) is 1. The third-order valence-corrected chi connectivity index (χ3v) is 2.87. The number of nitro benzene ring substituents is 1. The summed E-state index contributed by atoms with van der Waals surface area (Å²) in [5.41, 5.74) is 1.27. The van der Waals surface area contributed by atoms with Crippen LogP contribution in [0.4, 0.5) is 5.69 Å². The lowest BCUT2D eigenvalue weighted by atomic mass is 10.0. The Morgan fingerprint density at radius 2 is 2.00 bits per heavy atom. The average molecular weight is 235 g/mol. The fraction of sp³-hybridized carbons (Fsp3) is 0.571. The van der Waals surface area contributed by atoms with E-state index in [0.717, 1.165) is 24.3 Å². The predicted octanol–water partition coefficient (Wildman–Crippen LogP) is 4.35. The van der Waals surface area contributed by atoms with Crippen LogP contribution in [0.15, 0.2) is 24.3 Å². The van der Waals surface area contributed by atoms with E-state index in [4.69, 9.17) is 0 Å². The Morgan fingerprint density at radius 3 is 2.65 bits per heavy atom. The van der Waals surface area contributed by atoms with Gasteiger partial charge < -0.3 is 0 Å². The molecular weight excluding hydrogens is 214 g/mol. The standard InChI is InChI=1S/C14H21NO2/c1-12(2)7-4-3-5-8-13-9-6-10-14(11-13)15(16)17/h6,9-12H,3-5,7-8H2,1-2H3. The van der Waals surface area contributed by atoms with Gasteiger partial charge in [0, 0.05) is 12.1 Å². The van der Waals surface area contributed by atoms with Gasteiger partial charge in [0.25, 0.3) is 5.69 Å². The molecule has 0 radical (unpaired) electrons. The van der Waals surface area contributed by atoms with Crippen LogP contribution in [0, 0.1) is 16.0 Å². The van der Waals surface area contributed by atoms with Crippen molar-refractivity contribution in [2.45, 2.75) is 46.0 Å². The van der Waals surface area contributed by atoms with Crippen LogP contribution in [0.1, 0.15) is 45.1 Å². The minimum Gasteiger partial charge on any atom is -0.258 e. The maximum atomic E-state index is 10.6. The number of non-ortho nitro benzene ring substituents is 1. The topological polar surface area (TPSA) is 43.1 Å². The summed E-state index contributed by atoms with van der Waals surface area (Å²) in [4.78, 5) is 10.3. The van der Waals surface area contributed by atoms with E-state index in [0.29, 0.717) is 0 Å². The number of hydrogen-bond donors (Lipinski definition) is 0. The van der Waals surface area contributed by atoms with Crippen LogP contribution in [-0.4, -0.2) is 4.92 Å². The van der Waals surface area contributed by atoms with E-state index in [-0.39, 0.29) is 10.6 Å². The number of benzene rings is 1. The fourth-order valence-corrected chi connectivity index (χ4v) is 1.88. The minimum atomic E-state index is -0.331. The van der Waals surface area contributed by atoms with E-state index in [1.807, 2.05) is 6.07 Å². The molecule has 1 aromatic carbocycles. The van der Waals surface area contributed by atoms with E-state index in [2.05, 4.69) is 13.8 Å². The molecule has 0 unspecified atom stereocenters. The summed E-state index contributed by atoms with van der Waals surface area (Å²) in [6.07, 6.45) is 5.80. The Morgan fingerprint density at radius 1 is 1.24 bits per heavy atom. The third-order valence-electron chi connectivity index (χ3n) is 2.87. The van der Waals surface area contributed by atoms with Crippen LogP contribution >= 0.6 is 0 Å². The summed E-state index contributed by atoms with van der Waals surface area (Å²) in [5, 5.41) is 10.6. The molecule has 0 amide bonds. The molecule has 0 spiro atoms. The molecule has 94 valence electrons. The monoisotopic (exact) mass is 235 g/mol. The molecule has 0 bridgehead atoms. The minimum absolute atomic E-state index is 0.199. The number of nitro groups is 1. The first kappa shape index (κ1) is 13.7. The lowest BCUT2D eigenvalue weighted by molar-refractivity contribution is -0.384. The number of aryl methyl sites for hydroxylation is 1. The van der Waals surface area contributed by atoms with Gasteiger partial charge in [0.2, 0.25) is 0 Å². The van der Waals surface area contributed by atoms with Crippen LogP contribution in [-0.2, 0) is 6.42 Å². The van der Waals surface area contributed by atoms with Crippen LogP contribution < -0.4 is 0 Å². The van der Waals surface area contributed by atoms with Crippen molar-refractivity contribution in [1.82, 2.24) is 0 Å². The second-order valence-corrected chi connectivity index (χ2v) is 4.92. The highest BCUT2D eigenvalue weighted by atomic mass is 16.6. The van der Waals surface area contributed by atoms with E-state index in [1.54, 1.807) is 18.2 Å². The van der Waals surface area contributed by atoms with Crippen molar-refractivity contribution in [3.8, 4) is 0 Å². The predicted molar refractivity (Wildman–Crippen MR) is 70.1 cm³/mol. The Kier molecular flexibility index (Phi) is 5.67. The van der Waals surface area contributed by atoms with Gasteiger partial charge in [0.05, 0.1) is 4.92 Å². The Labute approximate surface area is 103 Å². The van der Waals surface area contributed by atoms with E-state index < -0.39 is 0 Å². The summed E-state index contributed by atoms with van der Waals surface area (Å²) in [6.45, 7) is 4.47. The van der Waals surface area contributed by atoms with Crippen molar-refractivity contribution in [3.05, 3.63) is 39.9 Å². The normalized spacial score (nSPS) is 10.8. The molecule has 0 aliphatic rings. The Bertz CT molecular complexity index is 361. The van der Waals surface area contributed by atoms with Crippen LogP contribution in [0.25, 0.3) is 0 Å². The second-order valence-electron chi connectivity index (χ2n) is 4.92. The third kappa shape index (κ3) is 5.48. The van der Waals surface area contributed by atoms with Gasteiger partial charge in [0.1, 0.15) is 0 Å². The van der Waals surface area contributed by atoms with Crippen LogP contribution in [0.3, 0.4) is 0 Å². The lowest BCUT2D eigenvalue weighted by Crippen LogP contribution is -1.92. The first-order chi connectivity index (χ1) is 8.09. The molecule has 0 saturated carbocycles. The Hall–Kier alpha value is -1.38. The zero-order valence-corrected chi connectivity index (χ0v) is 10.7. The van der Waals surface area contributed by atoms with Gasteiger partial charge in [0.15, 0.2) is 0 Å². The maximum Gasteiger partial charge on any atom is 0.269 e. The van der Waals surface area contributed by atoms with Gasteiger partial charge in [-0.3, -0.25) is 10.1 Å². The summed E-state index contributed by atoms with van der Waals surface area (Å²) >= 11 is 0. The van der Waals surface area contributed by atoms with Gasteiger partial charge >= 0.3 is 0 Å². The van der Waals surface area contributed by atoms with Crippen molar-refractivity contribution >= 4 is 5.69 Å². The summed E-state index contributed by atoms with van der Waals surface area (Å²) in [5.74, 6) is 0.771. The largest absolute Gasteiger partial charge is 0.269 e. The molecule has 0 atom stereocenters. The van der Waals surface area contributed by atoms with Crippen molar-refractivity contribution in [2.24, 2.45) is 5.92 Å². The van der Waals surface area contributed by atoms with Gasteiger partial charge in [-0.15, -0.1) is 0 Å². The highest BCUT2D eigenvalue weighted by Gasteiger charge is 2.05. The zero-order valence-electron chi connectivity index (χ0n) is 10.7. The molecular formula is C14H21NO2. The molecule has 1 aromatic rings. The highest BCUT2D eigenvalue weighted by molar-refractivity contribution is 5.34. The van der Waals surface area contributed by atoms with Gasteiger partial charge in [-0.25, -0.2) is 0 Å². The molecule has 3 nitrogen and oxygen atoms in total. The molecule has 0 aromatic heterocycles. The smallest absolute Gasteiger partial charge is 0.258 e. The van der Waals surface area contributed by atoms with Crippen molar-refractivity contribution < 1.29 is 4.92 Å². The summed E-state index contributed by atoms with van der Waals surface area (Å²) < 4.78 is 0. The average Bonchev–Trinajstić information content (AvgIpc) is 2.28. The lowest BCUT2D eigenvalue weighted by Gasteiger charge is -2.04. The van der Waals surface area contributed by atoms with E-state index in [9.17, 15) is 10.1 Å². The number of hydrogen-bond acceptors (Lipinski definition) is 2. The Balaban J connectivity index is 2.31. The van der Waals surface area contributed by atoms with E-state index >= 15 is 0 Å². The van der Waals surface area contributed by atoms with E-state index in [1.165, 1.54) is 19.3 Å². The number of unbranched alkanes of at least 4 members (excludes halogenated alkanes) is 2. The van der Waals surface area contributed by atoms with Gasteiger partial charge in [-0.1, -0.05) is 45.2 Å². The fourth-order valence-electron chi connectivity index (χ4n) is 1.88. The molecule has 0 fully saturated rings. The molecule has 0 aliphatic heterocycles. The quantitative estimate of drug-likeness (QED) is 0.400. The van der Waals surface area contributed by atoms with Crippen molar-refractivity contribution in [2.75, 3.05) is 0 Å². The SMILES string of the molecule is CC(C)CCCCCc1cccc([N+](=O)[O-])c1. The number of rotatable bonds is 7. The molecule has 0 N–H and O–H groups in total. The summed E-state index contributed by atoms with van der Waals surface area (Å²) in [6, 6.07) is 6.96. The molecule has 0 heterocycles. The van der Waals surface area contributed by atoms with Crippen LogP contribution in [0.2, 0.25) is 0 Å². The van der Waals surface area contributed by atoms with Gasteiger partial charge in [-0.05, 0) is 24.3 Å². The van der Waals surface area contributed by atoms with Crippen LogP contribution in [0.5, 0.6) is 0 Å². The highest BCUT2D eigenvalue weighted by Crippen LogP contribution is 2.16. The molecule has 1 rings (SSSR count). The molecule has 17 heavy (non-hydrogen) atoms. The van der Waals surface area contributed by atoms with Crippen molar-refractivity contribution in [1.29, 1.82) is 0 Å². The van der Waals surface area contributed by atoms with Gasteiger partial charge in [-0.2, -0.15) is 0 Å². The molecule has 0 aliphatic carbocycles. The first-order valence-corrected chi connectivity index (χ1v) is 6.33. The zero-order chi connectivity index (χ0) is 12.7.